The Balaban J connectivity index is 1.90. The van der Waals surface area contributed by atoms with E-state index in [9.17, 15) is 0 Å². The highest BCUT2D eigenvalue weighted by Gasteiger charge is 2.19. The highest BCUT2D eigenvalue weighted by atomic mass is 79.9. The Morgan fingerprint density at radius 1 is 1.56 bits per heavy atom. The van der Waals surface area contributed by atoms with Crippen LogP contribution in [0, 0.1) is 18.3 Å². The summed E-state index contributed by atoms with van der Waals surface area (Å²) < 4.78 is 1.01. The molecular formula is C13H17BrN4. The zero-order chi connectivity index (χ0) is 13.0. The van der Waals surface area contributed by atoms with Crippen molar-refractivity contribution < 1.29 is 0 Å². The van der Waals surface area contributed by atoms with Gasteiger partial charge in [0.2, 0.25) is 0 Å². The molecule has 1 N–H and O–H groups in total. The summed E-state index contributed by atoms with van der Waals surface area (Å²) in [6, 6.07) is 4.74. The quantitative estimate of drug-likeness (QED) is 0.872. The minimum atomic E-state index is 0.465. The molecule has 0 spiro atoms. The van der Waals surface area contributed by atoms with Crippen molar-refractivity contribution in [2.24, 2.45) is 0 Å². The smallest absolute Gasteiger partial charge is 0.129 e. The number of nitrogens with one attached hydrogen (secondary N) is 1. The third kappa shape index (κ3) is 3.44. The average molecular weight is 309 g/mol. The van der Waals surface area contributed by atoms with E-state index < -0.39 is 0 Å². The molecule has 5 heteroatoms. The van der Waals surface area contributed by atoms with Crippen molar-refractivity contribution in [2.75, 3.05) is 25.0 Å². The zero-order valence-corrected chi connectivity index (χ0v) is 12.1. The van der Waals surface area contributed by atoms with E-state index in [0.29, 0.717) is 12.6 Å². The summed E-state index contributed by atoms with van der Waals surface area (Å²) >= 11 is 3.42. The molecule has 0 aromatic carbocycles. The Morgan fingerprint density at radius 2 is 2.28 bits per heavy atom. The first-order valence-corrected chi connectivity index (χ1v) is 6.96. The van der Waals surface area contributed by atoms with Gasteiger partial charge in [-0.2, -0.15) is 5.26 Å². The average Bonchev–Trinajstić information content (AvgIpc) is 2.35. The fourth-order valence-corrected chi connectivity index (χ4v) is 2.67. The number of nitriles is 1. The van der Waals surface area contributed by atoms with Gasteiger partial charge in [0.25, 0.3) is 0 Å². The van der Waals surface area contributed by atoms with Crippen molar-refractivity contribution in [3.8, 4) is 6.07 Å². The summed E-state index contributed by atoms with van der Waals surface area (Å²) in [4.78, 5) is 6.60. The van der Waals surface area contributed by atoms with Crippen molar-refractivity contribution in [3.63, 3.8) is 0 Å². The Morgan fingerprint density at radius 3 is 2.89 bits per heavy atom. The summed E-state index contributed by atoms with van der Waals surface area (Å²) in [5.74, 6) is 0.969. The van der Waals surface area contributed by atoms with Gasteiger partial charge in [-0.15, -0.1) is 0 Å². The highest BCUT2D eigenvalue weighted by Crippen LogP contribution is 2.20. The molecule has 0 radical (unpaired) electrons. The van der Waals surface area contributed by atoms with Crippen LogP contribution in [0.5, 0.6) is 0 Å². The number of aromatic nitrogens is 1. The lowest BCUT2D eigenvalue weighted by atomic mass is 10.0. The molecule has 2 heterocycles. The van der Waals surface area contributed by atoms with Crippen LogP contribution < -0.4 is 5.32 Å². The summed E-state index contributed by atoms with van der Waals surface area (Å²) in [6.45, 7) is 4.58. The van der Waals surface area contributed by atoms with E-state index in [0.717, 1.165) is 41.8 Å². The molecule has 2 rings (SSSR count). The summed E-state index contributed by atoms with van der Waals surface area (Å²) in [7, 11) is 0. The molecule has 96 valence electrons. The monoisotopic (exact) mass is 308 g/mol. The summed E-state index contributed by atoms with van der Waals surface area (Å²) in [6.07, 6.45) is 3.96. The van der Waals surface area contributed by atoms with Gasteiger partial charge in [0.1, 0.15) is 5.82 Å². The van der Waals surface area contributed by atoms with Crippen molar-refractivity contribution in [3.05, 3.63) is 22.3 Å². The minimum absolute atomic E-state index is 0.465. The maximum atomic E-state index is 8.66. The zero-order valence-electron chi connectivity index (χ0n) is 10.5. The second-order valence-electron chi connectivity index (χ2n) is 4.67. The number of rotatable bonds is 3. The Hall–Kier alpha value is -1.12. The molecule has 1 aliphatic rings. The Bertz CT molecular complexity index is 447. The second kappa shape index (κ2) is 6.17. The van der Waals surface area contributed by atoms with E-state index in [1.54, 1.807) is 0 Å². The van der Waals surface area contributed by atoms with Crippen molar-refractivity contribution >= 4 is 21.7 Å². The first-order chi connectivity index (χ1) is 8.69. The molecule has 1 aromatic rings. The molecule has 0 unspecified atom stereocenters. The molecule has 1 aliphatic heterocycles. The van der Waals surface area contributed by atoms with Crippen molar-refractivity contribution in [1.82, 2.24) is 9.88 Å². The van der Waals surface area contributed by atoms with E-state index in [-0.39, 0.29) is 0 Å². The molecule has 1 aromatic heterocycles. The van der Waals surface area contributed by atoms with Crippen LogP contribution in [0.4, 0.5) is 5.82 Å². The van der Waals surface area contributed by atoms with Gasteiger partial charge in [-0.1, -0.05) is 0 Å². The number of nitrogens with zero attached hydrogens (tertiary/aromatic N) is 3. The van der Waals surface area contributed by atoms with Crippen molar-refractivity contribution in [2.45, 2.75) is 25.8 Å². The Kier molecular flexibility index (Phi) is 4.56. The number of anilines is 1. The predicted molar refractivity (Wildman–Crippen MR) is 75.4 cm³/mol. The molecule has 0 bridgehead atoms. The molecular weight excluding hydrogens is 292 g/mol. The van der Waals surface area contributed by atoms with Crippen LogP contribution in [0.2, 0.25) is 0 Å². The normalized spacial score (nSPS) is 17.4. The lowest BCUT2D eigenvalue weighted by Gasteiger charge is -2.31. The van der Waals surface area contributed by atoms with Crippen LogP contribution in [-0.4, -0.2) is 35.6 Å². The van der Waals surface area contributed by atoms with Gasteiger partial charge in [-0.25, -0.2) is 4.98 Å². The fourth-order valence-electron chi connectivity index (χ4n) is 2.22. The van der Waals surface area contributed by atoms with Gasteiger partial charge in [0.15, 0.2) is 0 Å². The van der Waals surface area contributed by atoms with Gasteiger partial charge in [0, 0.05) is 29.8 Å². The van der Waals surface area contributed by atoms with E-state index in [2.05, 4.69) is 50.2 Å². The highest BCUT2D eigenvalue weighted by molar-refractivity contribution is 9.10. The van der Waals surface area contributed by atoms with E-state index in [4.69, 9.17) is 5.26 Å². The van der Waals surface area contributed by atoms with Crippen molar-refractivity contribution in [1.29, 1.82) is 5.26 Å². The van der Waals surface area contributed by atoms with Gasteiger partial charge >= 0.3 is 0 Å². The molecule has 0 atom stereocenters. The number of hydrogen-bond donors (Lipinski definition) is 1. The summed E-state index contributed by atoms with van der Waals surface area (Å²) in [5.41, 5.74) is 1.16. The first-order valence-electron chi connectivity index (χ1n) is 6.17. The van der Waals surface area contributed by atoms with Crippen LogP contribution in [-0.2, 0) is 0 Å². The molecule has 0 aliphatic carbocycles. The first kappa shape index (κ1) is 13.3. The number of piperidine rings is 1. The number of hydrogen-bond acceptors (Lipinski definition) is 4. The minimum Gasteiger partial charge on any atom is -0.367 e. The van der Waals surface area contributed by atoms with Gasteiger partial charge in [-0.05, 0) is 47.3 Å². The van der Waals surface area contributed by atoms with Crippen LogP contribution in [0.3, 0.4) is 0 Å². The van der Waals surface area contributed by atoms with Crippen LogP contribution >= 0.6 is 15.9 Å². The number of pyridine rings is 1. The molecule has 4 nitrogen and oxygen atoms in total. The predicted octanol–water partition coefficient (Wildman–Crippen LogP) is 2.55. The SMILES string of the molecule is Cc1cc(Br)cnc1NC1CCN(CC#N)CC1. The van der Waals surface area contributed by atoms with E-state index in [1.807, 2.05) is 6.20 Å². The third-order valence-corrected chi connectivity index (χ3v) is 3.70. The molecule has 1 fully saturated rings. The number of aryl methyl sites for hydroxylation is 1. The van der Waals surface area contributed by atoms with E-state index in [1.165, 1.54) is 0 Å². The van der Waals surface area contributed by atoms with Gasteiger partial charge in [0.05, 0.1) is 12.6 Å². The number of halogens is 1. The molecule has 1 saturated heterocycles. The largest absolute Gasteiger partial charge is 0.367 e. The second-order valence-corrected chi connectivity index (χ2v) is 5.59. The Labute approximate surface area is 116 Å². The lowest BCUT2D eigenvalue weighted by Crippen LogP contribution is -2.39. The molecule has 0 amide bonds. The number of likely N-dealkylation sites (tertiary alicyclic amines) is 1. The van der Waals surface area contributed by atoms with Crippen LogP contribution in [0.15, 0.2) is 16.7 Å². The van der Waals surface area contributed by atoms with Crippen LogP contribution in [0.25, 0.3) is 0 Å². The van der Waals surface area contributed by atoms with Gasteiger partial charge < -0.3 is 5.32 Å². The molecule has 18 heavy (non-hydrogen) atoms. The van der Waals surface area contributed by atoms with E-state index >= 15 is 0 Å². The maximum Gasteiger partial charge on any atom is 0.129 e. The third-order valence-electron chi connectivity index (χ3n) is 3.27. The standard InChI is InChI=1S/C13H17BrN4/c1-10-8-11(14)9-16-13(10)17-12-2-5-18(6-3-12)7-4-15/h8-9,12H,2-3,5-7H2,1H3,(H,16,17). The summed E-state index contributed by atoms with van der Waals surface area (Å²) in [5, 5.41) is 12.2. The van der Waals surface area contributed by atoms with Gasteiger partial charge in [-0.3, -0.25) is 4.90 Å². The van der Waals surface area contributed by atoms with Crippen LogP contribution in [0.1, 0.15) is 18.4 Å². The lowest BCUT2D eigenvalue weighted by molar-refractivity contribution is 0.242. The topological polar surface area (TPSA) is 52.0 Å². The maximum absolute atomic E-state index is 8.66. The molecule has 0 saturated carbocycles. The fraction of sp³-hybridized carbons (Fsp3) is 0.538.